The zero-order valence-corrected chi connectivity index (χ0v) is 18.8. The zero-order chi connectivity index (χ0) is 18.2. The van der Waals surface area contributed by atoms with Gasteiger partial charge in [-0.15, -0.1) is 11.8 Å². The number of rotatable bonds is 17. The number of aromatic nitrogens is 1. The van der Waals surface area contributed by atoms with Crippen LogP contribution in [0.15, 0.2) is 9.72 Å². The van der Waals surface area contributed by atoms with Gasteiger partial charge in [0.2, 0.25) is 11.2 Å². The van der Waals surface area contributed by atoms with E-state index < -0.39 is 0 Å². The molecule has 3 heteroatoms. The molecule has 1 aromatic heterocycles. The number of unbranched alkanes of at least 4 members (excludes halogenated alkanes) is 12. The molecule has 0 fully saturated rings. The monoisotopic (exact) mass is 384 g/mol. The molecule has 25 heavy (non-hydrogen) atoms. The third-order valence-electron chi connectivity index (χ3n) is 5.00. The van der Waals surface area contributed by atoms with Crippen LogP contribution in [0.3, 0.4) is 0 Å². The van der Waals surface area contributed by atoms with Crippen LogP contribution in [0.1, 0.15) is 109 Å². The van der Waals surface area contributed by atoms with Crippen molar-refractivity contribution in [2.75, 3.05) is 5.75 Å². The molecule has 0 radical (unpaired) electrons. The van der Waals surface area contributed by atoms with Crippen LogP contribution in [0, 0.1) is 6.92 Å². The van der Waals surface area contributed by atoms with Crippen LogP contribution >= 0.6 is 23.1 Å². The van der Waals surface area contributed by atoms with Crippen molar-refractivity contribution >= 4 is 23.1 Å². The molecule has 0 amide bonds. The van der Waals surface area contributed by atoms with E-state index in [1.54, 1.807) is 4.21 Å². The van der Waals surface area contributed by atoms with Crippen LogP contribution in [0.5, 0.6) is 0 Å². The van der Waals surface area contributed by atoms with Crippen molar-refractivity contribution in [2.24, 2.45) is 0 Å². The minimum absolute atomic E-state index is 1.21. The molecule has 0 unspecified atom stereocenters. The minimum atomic E-state index is 1.21. The van der Waals surface area contributed by atoms with Gasteiger partial charge >= 0.3 is 0 Å². The highest BCUT2D eigenvalue weighted by molar-refractivity contribution is 8.01. The molecule has 0 saturated heterocycles. The first-order valence-corrected chi connectivity index (χ1v) is 12.8. The third-order valence-corrected chi connectivity index (χ3v) is 7.56. The Morgan fingerprint density at radius 2 is 1.28 bits per heavy atom. The van der Waals surface area contributed by atoms with E-state index in [9.17, 15) is 0 Å². The van der Waals surface area contributed by atoms with Crippen molar-refractivity contribution in [1.29, 1.82) is 0 Å². The summed E-state index contributed by atoms with van der Waals surface area (Å²) in [6.07, 6.45) is 19.7. The lowest BCUT2D eigenvalue weighted by Gasteiger charge is -2.02. The van der Waals surface area contributed by atoms with Crippen molar-refractivity contribution in [3.8, 4) is 0 Å². The summed E-state index contributed by atoms with van der Waals surface area (Å²) in [6.45, 7) is 8.09. The van der Waals surface area contributed by atoms with E-state index in [1.807, 2.05) is 11.3 Å². The normalized spacial score (nSPS) is 11.3. The predicted molar refractivity (Wildman–Crippen MR) is 116 cm³/mol. The second kappa shape index (κ2) is 16.2. The van der Waals surface area contributed by atoms with Crippen molar-refractivity contribution in [3.05, 3.63) is 11.2 Å². The van der Waals surface area contributed by atoms with Gasteiger partial charge in [0.25, 0.3) is 0 Å². The van der Waals surface area contributed by atoms with Crippen LogP contribution in [0.2, 0.25) is 0 Å². The molecule has 0 saturated carbocycles. The van der Waals surface area contributed by atoms with E-state index in [0.29, 0.717) is 0 Å². The summed E-state index contributed by atoms with van der Waals surface area (Å²) >= 11 is 4.03. The van der Waals surface area contributed by atoms with Crippen LogP contribution in [-0.2, 0) is 6.54 Å². The van der Waals surface area contributed by atoms with Crippen molar-refractivity contribution < 1.29 is 4.57 Å². The molecule has 1 heterocycles. The lowest BCUT2D eigenvalue weighted by molar-refractivity contribution is -0.699. The van der Waals surface area contributed by atoms with Crippen LogP contribution in [-0.4, -0.2) is 5.75 Å². The highest BCUT2D eigenvalue weighted by Gasteiger charge is 2.14. The fourth-order valence-corrected chi connectivity index (χ4v) is 5.50. The molecule has 0 aliphatic rings. The maximum atomic E-state index is 2.47. The van der Waals surface area contributed by atoms with E-state index in [1.165, 1.54) is 108 Å². The molecule has 0 aromatic carbocycles. The second-order valence-corrected chi connectivity index (χ2v) is 9.60. The first-order valence-electron chi connectivity index (χ1n) is 10.9. The molecule has 1 nitrogen and oxygen atoms in total. The number of aryl methyl sites for hydroxylation is 1. The fourth-order valence-electron chi connectivity index (χ4n) is 3.22. The summed E-state index contributed by atoms with van der Waals surface area (Å²) < 4.78 is 4.02. The van der Waals surface area contributed by atoms with Crippen LogP contribution < -0.4 is 4.57 Å². The van der Waals surface area contributed by atoms with Gasteiger partial charge in [0.1, 0.15) is 10.8 Å². The topological polar surface area (TPSA) is 3.88 Å². The number of hydrogen-bond donors (Lipinski definition) is 0. The average molecular weight is 385 g/mol. The van der Waals surface area contributed by atoms with E-state index >= 15 is 0 Å². The largest absolute Gasteiger partial charge is 0.226 e. The Bertz CT molecular complexity index is 414. The third kappa shape index (κ3) is 11.3. The van der Waals surface area contributed by atoms with Crippen molar-refractivity contribution in [2.45, 2.75) is 121 Å². The molecule has 1 rings (SSSR count). The Morgan fingerprint density at radius 3 is 1.88 bits per heavy atom. The molecular weight excluding hydrogens is 342 g/mol. The SMILES string of the molecule is CCCCCCCCCCCCSc1sc[n+](CCCCCC)c1C. The van der Waals surface area contributed by atoms with Crippen LogP contribution in [0.25, 0.3) is 0 Å². The highest BCUT2D eigenvalue weighted by Crippen LogP contribution is 2.26. The van der Waals surface area contributed by atoms with Gasteiger partial charge in [-0.2, -0.15) is 4.57 Å². The summed E-state index contributed by atoms with van der Waals surface area (Å²) in [5.41, 5.74) is 3.83. The van der Waals surface area contributed by atoms with E-state index in [-0.39, 0.29) is 0 Å². The molecule has 0 bridgehead atoms. The van der Waals surface area contributed by atoms with E-state index in [4.69, 9.17) is 0 Å². The van der Waals surface area contributed by atoms with Gasteiger partial charge in [-0.25, -0.2) is 0 Å². The standard InChI is InChI=1S/C22H42NS2/c1-4-6-8-10-11-12-13-14-15-17-19-24-22-21(3)23(20-25-22)18-16-9-7-5-2/h20H,4-19H2,1-3H3/q+1. The van der Waals surface area contributed by atoms with Gasteiger partial charge in [0.05, 0.1) is 0 Å². The summed E-state index contributed by atoms with van der Waals surface area (Å²) in [4.78, 5) is 0. The Balaban J connectivity index is 2.00. The second-order valence-electron chi connectivity index (χ2n) is 7.38. The number of hydrogen-bond acceptors (Lipinski definition) is 2. The maximum Gasteiger partial charge on any atom is 0.226 e. The number of thiazole rings is 1. The smallest absolute Gasteiger partial charge is 0.192 e. The Kier molecular flexibility index (Phi) is 14.9. The molecular formula is C22H42NS2+. The Morgan fingerprint density at radius 1 is 0.760 bits per heavy atom. The summed E-state index contributed by atoms with van der Waals surface area (Å²) in [7, 11) is 0. The molecule has 0 N–H and O–H groups in total. The van der Waals surface area contributed by atoms with Gasteiger partial charge in [-0.1, -0.05) is 95.8 Å². The lowest BCUT2D eigenvalue weighted by atomic mass is 10.1. The number of nitrogens with zero attached hydrogens (tertiary/aromatic N) is 1. The maximum absolute atomic E-state index is 2.47. The molecule has 0 aliphatic carbocycles. The van der Waals surface area contributed by atoms with Crippen molar-refractivity contribution in [3.63, 3.8) is 0 Å². The van der Waals surface area contributed by atoms with Gasteiger partial charge < -0.3 is 0 Å². The quantitative estimate of drug-likeness (QED) is 0.150. The van der Waals surface area contributed by atoms with Crippen molar-refractivity contribution in [1.82, 2.24) is 0 Å². The highest BCUT2D eigenvalue weighted by atomic mass is 32.2. The zero-order valence-electron chi connectivity index (χ0n) is 17.2. The Hall–Kier alpha value is -0.0200. The molecule has 0 atom stereocenters. The van der Waals surface area contributed by atoms with Gasteiger partial charge in [-0.05, 0) is 18.6 Å². The predicted octanol–water partition coefficient (Wildman–Crippen LogP) is 7.94. The molecule has 146 valence electrons. The lowest BCUT2D eigenvalue weighted by Crippen LogP contribution is -2.34. The molecule has 1 aromatic rings. The minimum Gasteiger partial charge on any atom is -0.192 e. The number of thioether (sulfide) groups is 1. The Labute approximate surface area is 166 Å². The fraction of sp³-hybridized carbons (Fsp3) is 0.864. The van der Waals surface area contributed by atoms with E-state index in [0.717, 1.165) is 0 Å². The first kappa shape index (κ1) is 23.0. The average Bonchev–Trinajstić information content (AvgIpc) is 2.97. The summed E-state index contributed by atoms with van der Waals surface area (Å²) in [5.74, 6) is 1.30. The van der Waals surface area contributed by atoms with Gasteiger partial charge in [0, 0.05) is 13.3 Å². The summed E-state index contributed by atoms with van der Waals surface area (Å²) in [5, 5.41) is 0. The summed E-state index contributed by atoms with van der Waals surface area (Å²) in [6, 6.07) is 0. The molecule has 0 aliphatic heterocycles. The van der Waals surface area contributed by atoms with Gasteiger partial charge in [0.15, 0.2) is 0 Å². The first-order chi connectivity index (χ1) is 12.3. The van der Waals surface area contributed by atoms with E-state index in [2.05, 4.69) is 42.6 Å². The van der Waals surface area contributed by atoms with Gasteiger partial charge in [-0.3, -0.25) is 0 Å². The van der Waals surface area contributed by atoms with Crippen LogP contribution in [0.4, 0.5) is 0 Å². The molecule has 0 spiro atoms.